The lowest BCUT2D eigenvalue weighted by Crippen LogP contribution is -2.36. The molecule has 1 aliphatic rings. The summed E-state index contributed by atoms with van der Waals surface area (Å²) >= 11 is 0. The molecule has 3 rings (SSSR count). The Labute approximate surface area is 158 Å². The van der Waals surface area contributed by atoms with E-state index >= 15 is 0 Å². The van der Waals surface area contributed by atoms with E-state index in [-0.39, 0.29) is 12.5 Å². The van der Waals surface area contributed by atoms with Crippen LogP contribution in [0.25, 0.3) is 0 Å². The Morgan fingerprint density at radius 3 is 2.81 bits per heavy atom. The number of hydrogen-bond acceptors (Lipinski definition) is 7. The summed E-state index contributed by atoms with van der Waals surface area (Å²) in [7, 11) is 0. The maximum absolute atomic E-state index is 11.8. The van der Waals surface area contributed by atoms with Gasteiger partial charge in [-0.15, -0.1) is 5.10 Å². The van der Waals surface area contributed by atoms with Gasteiger partial charge in [-0.1, -0.05) is 30.3 Å². The van der Waals surface area contributed by atoms with Gasteiger partial charge in [0.05, 0.1) is 31.7 Å². The number of nitrogens with one attached hydrogen (secondary N) is 2. The Hall–Kier alpha value is -2.71. The minimum absolute atomic E-state index is 0.0429. The molecule has 8 nitrogen and oxygen atoms in total. The monoisotopic (exact) mass is 371 g/mol. The molecule has 2 N–H and O–H groups in total. The van der Waals surface area contributed by atoms with E-state index in [1.807, 2.05) is 36.4 Å². The molecule has 1 amide bonds. The van der Waals surface area contributed by atoms with Crippen LogP contribution in [0.3, 0.4) is 0 Å². The Balaban J connectivity index is 1.32. The van der Waals surface area contributed by atoms with Crippen molar-refractivity contribution in [1.29, 1.82) is 0 Å². The molecule has 27 heavy (non-hydrogen) atoms. The van der Waals surface area contributed by atoms with Crippen LogP contribution in [-0.2, 0) is 20.9 Å². The van der Waals surface area contributed by atoms with E-state index in [1.165, 1.54) is 0 Å². The van der Waals surface area contributed by atoms with Crippen molar-refractivity contribution in [2.24, 2.45) is 0 Å². The van der Waals surface area contributed by atoms with Gasteiger partial charge < -0.3 is 25.0 Å². The van der Waals surface area contributed by atoms with Gasteiger partial charge in [0.25, 0.3) is 0 Å². The van der Waals surface area contributed by atoms with E-state index in [4.69, 9.17) is 9.47 Å². The average Bonchev–Trinajstić information content (AvgIpc) is 2.73. The Morgan fingerprint density at radius 2 is 2.00 bits per heavy atom. The summed E-state index contributed by atoms with van der Waals surface area (Å²) < 4.78 is 10.8. The third-order valence-corrected chi connectivity index (χ3v) is 4.11. The maximum atomic E-state index is 11.8. The molecular formula is C19H25N5O3. The molecule has 1 aromatic heterocycles. The lowest BCUT2D eigenvalue weighted by molar-refractivity contribution is -0.126. The molecule has 0 atom stereocenters. The van der Waals surface area contributed by atoms with Crippen molar-refractivity contribution >= 4 is 17.4 Å². The number of nitrogens with zero attached hydrogens (tertiary/aromatic N) is 3. The van der Waals surface area contributed by atoms with E-state index in [0.717, 1.165) is 37.6 Å². The third kappa shape index (κ3) is 6.50. The topological polar surface area (TPSA) is 88.6 Å². The van der Waals surface area contributed by atoms with Crippen LogP contribution < -0.4 is 15.5 Å². The zero-order valence-electron chi connectivity index (χ0n) is 15.3. The van der Waals surface area contributed by atoms with Crippen LogP contribution in [0, 0.1) is 0 Å². The minimum atomic E-state index is -0.138. The van der Waals surface area contributed by atoms with Crippen molar-refractivity contribution in [2.45, 2.75) is 6.61 Å². The smallest absolute Gasteiger partial charge is 0.246 e. The lowest BCUT2D eigenvalue weighted by Gasteiger charge is -2.28. The van der Waals surface area contributed by atoms with Crippen LogP contribution in [0.1, 0.15) is 5.56 Å². The zero-order chi connectivity index (χ0) is 18.7. The molecular weight excluding hydrogens is 346 g/mol. The van der Waals surface area contributed by atoms with Crippen LogP contribution in [0.5, 0.6) is 0 Å². The largest absolute Gasteiger partial charge is 0.378 e. The summed E-state index contributed by atoms with van der Waals surface area (Å²) in [6.45, 7) is 4.67. The van der Waals surface area contributed by atoms with Crippen LogP contribution in [0.15, 0.2) is 42.6 Å². The summed E-state index contributed by atoms with van der Waals surface area (Å²) in [5.74, 6) is 0.550. The standard InChI is InChI=1S/C19H25N5O3/c25-19(15-27-14-16-4-2-1-3-5-16)21-7-6-20-18-12-17(13-22-23-18)24-8-10-26-11-9-24/h1-5,12-13H,6-11,14-15H2,(H,20,23)(H,21,25). The van der Waals surface area contributed by atoms with Crippen LogP contribution >= 0.6 is 0 Å². The number of morpholine rings is 1. The Kier molecular flexibility index (Phi) is 7.37. The molecule has 0 unspecified atom stereocenters. The highest BCUT2D eigenvalue weighted by molar-refractivity contribution is 5.77. The first-order valence-corrected chi connectivity index (χ1v) is 9.09. The molecule has 2 aromatic rings. The normalized spacial score (nSPS) is 14.0. The molecule has 2 heterocycles. The number of carbonyl (C=O) groups excluding carboxylic acids is 1. The number of aromatic nitrogens is 2. The van der Waals surface area contributed by atoms with Crippen molar-refractivity contribution < 1.29 is 14.3 Å². The number of benzene rings is 1. The molecule has 8 heteroatoms. The summed E-state index contributed by atoms with van der Waals surface area (Å²) in [5.41, 5.74) is 2.07. The Morgan fingerprint density at radius 1 is 1.19 bits per heavy atom. The molecule has 1 aliphatic heterocycles. The van der Waals surface area contributed by atoms with Gasteiger partial charge in [0, 0.05) is 32.2 Å². The summed E-state index contributed by atoms with van der Waals surface area (Å²) in [6, 6.07) is 11.7. The van der Waals surface area contributed by atoms with Crippen molar-refractivity contribution in [3.05, 3.63) is 48.2 Å². The van der Waals surface area contributed by atoms with Gasteiger partial charge in [0.1, 0.15) is 6.61 Å². The SMILES string of the molecule is O=C(COCc1ccccc1)NCCNc1cc(N2CCOCC2)cnn1. The third-order valence-electron chi connectivity index (χ3n) is 4.11. The number of carbonyl (C=O) groups is 1. The van der Waals surface area contributed by atoms with Gasteiger partial charge in [0.15, 0.2) is 5.82 Å². The maximum Gasteiger partial charge on any atom is 0.246 e. The van der Waals surface area contributed by atoms with E-state index in [1.54, 1.807) is 6.20 Å². The van der Waals surface area contributed by atoms with E-state index in [9.17, 15) is 4.79 Å². The predicted octanol–water partition coefficient (Wildman–Crippen LogP) is 1.06. The van der Waals surface area contributed by atoms with Crippen molar-refractivity contribution in [3.8, 4) is 0 Å². The fourth-order valence-electron chi connectivity index (χ4n) is 2.72. The van der Waals surface area contributed by atoms with Gasteiger partial charge >= 0.3 is 0 Å². The lowest BCUT2D eigenvalue weighted by atomic mass is 10.2. The summed E-state index contributed by atoms with van der Waals surface area (Å²) in [6.07, 6.45) is 1.75. The fourth-order valence-corrected chi connectivity index (χ4v) is 2.72. The molecule has 144 valence electrons. The van der Waals surface area contributed by atoms with Crippen molar-refractivity contribution in [1.82, 2.24) is 15.5 Å². The second kappa shape index (κ2) is 10.4. The fraction of sp³-hybridized carbons (Fsp3) is 0.421. The van der Waals surface area contributed by atoms with Crippen LogP contribution in [0.2, 0.25) is 0 Å². The first-order valence-electron chi connectivity index (χ1n) is 9.09. The molecule has 1 aromatic carbocycles. The van der Waals surface area contributed by atoms with Gasteiger partial charge in [-0.3, -0.25) is 4.79 Å². The predicted molar refractivity (Wildman–Crippen MR) is 103 cm³/mol. The van der Waals surface area contributed by atoms with E-state index in [2.05, 4.69) is 25.7 Å². The van der Waals surface area contributed by atoms with Gasteiger partial charge in [-0.05, 0) is 5.56 Å². The van der Waals surface area contributed by atoms with Gasteiger partial charge in [-0.2, -0.15) is 5.10 Å². The first kappa shape index (κ1) is 19.1. The van der Waals surface area contributed by atoms with Gasteiger partial charge in [0.2, 0.25) is 5.91 Å². The van der Waals surface area contributed by atoms with Crippen molar-refractivity contribution in [3.63, 3.8) is 0 Å². The second-order valence-corrected chi connectivity index (χ2v) is 6.15. The summed E-state index contributed by atoms with van der Waals surface area (Å²) in [4.78, 5) is 14.0. The molecule has 0 spiro atoms. The van der Waals surface area contributed by atoms with Gasteiger partial charge in [-0.25, -0.2) is 0 Å². The minimum Gasteiger partial charge on any atom is -0.378 e. The highest BCUT2D eigenvalue weighted by atomic mass is 16.5. The van der Waals surface area contributed by atoms with Crippen LogP contribution in [0.4, 0.5) is 11.5 Å². The quantitative estimate of drug-likeness (QED) is 0.637. The molecule has 1 saturated heterocycles. The number of amides is 1. The number of rotatable bonds is 9. The summed E-state index contributed by atoms with van der Waals surface area (Å²) in [5, 5.41) is 14.1. The first-order chi connectivity index (χ1) is 13.3. The number of hydrogen-bond donors (Lipinski definition) is 2. The molecule has 0 aliphatic carbocycles. The zero-order valence-corrected chi connectivity index (χ0v) is 15.3. The highest BCUT2D eigenvalue weighted by Gasteiger charge is 2.12. The van der Waals surface area contributed by atoms with Crippen molar-refractivity contribution in [2.75, 3.05) is 56.2 Å². The van der Waals surface area contributed by atoms with Crippen LogP contribution in [-0.4, -0.2) is 62.1 Å². The highest BCUT2D eigenvalue weighted by Crippen LogP contribution is 2.16. The molecule has 0 radical (unpaired) electrons. The second-order valence-electron chi connectivity index (χ2n) is 6.15. The Bertz CT molecular complexity index is 708. The average molecular weight is 371 g/mol. The molecule has 0 bridgehead atoms. The molecule has 1 fully saturated rings. The number of ether oxygens (including phenoxy) is 2. The van der Waals surface area contributed by atoms with E-state index in [0.29, 0.717) is 25.5 Å². The number of anilines is 2. The molecule has 0 saturated carbocycles. The van der Waals surface area contributed by atoms with E-state index < -0.39 is 0 Å².